The highest BCUT2D eigenvalue weighted by Crippen LogP contribution is 2.41. The third kappa shape index (κ3) is 5.83. The molecule has 6 heteroatoms. The number of aryl methyl sites for hydroxylation is 1. The van der Waals surface area contributed by atoms with Crippen LogP contribution in [-0.2, 0) is 6.42 Å². The predicted octanol–water partition coefficient (Wildman–Crippen LogP) is 5.14. The van der Waals surface area contributed by atoms with E-state index < -0.39 is 0 Å². The van der Waals surface area contributed by atoms with E-state index in [0.29, 0.717) is 0 Å². The van der Waals surface area contributed by atoms with Crippen molar-refractivity contribution in [2.24, 2.45) is 0 Å². The fourth-order valence-corrected chi connectivity index (χ4v) is 4.43. The van der Waals surface area contributed by atoms with Crippen molar-refractivity contribution in [3.63, 3.8) is 0 Å². The summed E-state index contributed by atoms with van der Waals surface area (Å²) in [6, 6.07) is 8.58. The molecule has 0 heterocycles. The fraction of sp³-hybridized carbons (Fsp3) is 0.500. The first-order valence-corrected chi connectivity index (χ1v) is 12.1. The third-order valence-corrected chi connectivity index (χ3v) is 6.00. The molecule has 0 aliphatic rings. The van der Waals surface area contributed by atoms with Gasteiger partial charge in [0.1, 0.15) is 0 Å². The van der Waals surface area contributed by atoms with Crippen molar-refractivity contribution in [2.75, 3.05) is 86.6 Å². The summed E-state index contributed by atoms with van der Waals surface area (Å²) in [5.74, 6) is 2.87. The zero-order valence-electron chi connectivity index (χ0n) is 22.9. The third-order valence-electron chi connectivity index (χ3n) is 6.00. The van der Waals surface area contributed by atoms with Crippen LogP contribution in [0.15, 0.2) is 24.3 Å². The van der Waals surface area contributed by atoms with Crippen molar-refractivity contribution >= 4 is 34.1 Å². The minimum absolute atomic E-state index is 0.0138. The minimum Gasteiger partial charge on any atom is -0.376 e. The number of nitrogens with one attached hydrogen (secondary N) is 2. The van der Waals surface area contributed by atoms with Crippen molar-refractivity contribution in [3.8, 4) is 12.3 Å². The van der Waals surface area contributed by atoms with Crippen LogP contribution >= 0.6 is 0 Å². The zero-order chi connectivity index (χ0) is 25.6. The second kappa shape index (κ2) is 11.8. The number of hydrogen-bond donors (Lipinski definition) is 2. The molecule has 0 aromatic heterocycles. The Morgan fingerprint density at radius 1 is 0.735 bits per heavy atom. The van der Waals surface area contributed by atoms with Crippen LogP contribution in [0.4, 0.5) is 34.1 Å². The summed E-state index contributed by atoms with van der Waals surface area (Å²) in [6.07, 6.45) is 8.87. The van der Waals surface area contributed by atoms with E-state index in [0.717, 1.165) is 47.6 Å². The summed E-state index contributed by atoms with van der Waals surface area (Å²) in [5, 5.41) is 7.74. The number of nitrogens with zero attached hydrogens (tertiary/aromatic N) is 4. The molecule has 0 radical (unpaired) electrons. The Hall–Kier alpha value is -3.20. The number of hydrogen-bond acceptors (Lipinski definition) is 6. The molecule has 0 bridgehead atoms. The molecule has 2 aromatic carbocycles. The molecule has 186 valence electrons. The summed E-state index contributed by atoms with van der Waals surface area (Å²) >= 11 is 0. The number of terminal acetylenes is 1. The maximum absolute atomic E-state index is 5.89. The molecule has 2 N–H and O–H groups in total. The van der Waals surface area contributed by atoms with E-state index in [1.165, 1.54) is 16.9 Å². The van der Waals surface area contributed by atoms with Crippen LogP contribution in [0.1, 0.15) is 37.8 Å². The highest BCUT2D eigenvalue weighted by Gasteiger charge is 2.22. The second-order valence-corrected chi connectivity index (χ2v) is 9.53. The fourth-order valence-electron chi connectivity index (χ4n) is 4.43. The van der Waals surface area contributed by atoms with Gasteiger partial charge >= 0.3 is 0 Å². The minimum atomic E-state index is 0.0138. The molecule has 2 rings (SSSR count). The van der Waals surface area contributed by atoms with Gasteiger partial charge < -0.3 is 30.2 Å². The number of rotatable bonds is 11. The quantitative estimate of drug-likeness (QED) is 0.354. The molecule has 0 spiro atoms. The smallest absolute Gasteiger partial charge is 0.0965 e. The van der Waals surface area contributed by atoms with Gasteiger partial charge in [0.2, 0.25) is 0 Å². The zero-order valence-corrected chi connectivity index (χ0v) is 22.9. The van der Waals surface area contributed by atoms with Gasteiger partial charge in [-0.2, -0.15) is 0 Å². The monoisotopic (exact) mass is 464 g/mol. The number of anilines is 6. The molecule has 0 aliphatic heterocycles. The van der Waals surface area contributed by atoms with Gasteiger partial charge in [-0.3, -0.25) is 0 Å². The molecule has 6 nitrogen and oxygen atoms in total. The SMILES string of the molecule is C#Cc1ccc(N(C)C)c(NC(CCC)Nc2c(N(C)C)ccc(CC)c2N(C)C)c1N(C)C. The van der Waals surface area contributed by atoms with Crippen molar-refractivity contribution in [1.82, 2.24) is 0 Å². The average molecular weight is 465 g/mol. The van der Waals surface area contributed by atoms with Crippen LogP contribution in [0, 0.1) is 12.3 Å². The van der Waals surface area contributed by atoms with Crippen LogP contribution in [-0.4, -0.2) is 62.5 Å². The van der Waals surface area contributed by atoms with Gasteiger partial charge in [0.25, 0.3) is 0 Å². The Morgan fingerprint density at radius 2 is 1.24 bits per heavy atom. The molecule has 0 fully saturated rings. The van der Waals surface area contributed by atoms with E-state index in [1.54, 1.807) is 0 Å². The van der Waals surface area contributed by atoms with Crippen molar-refractivity contribution in [3.05, 3.63) is 35.4 Å². The van der Waals surface area contributed by atoms with Gasteiger partial charge in [-0.05, 0) is 36.6 Å². The van der Waals surface area contributed by atoms with E-state index in [4.69, 9.17) is 6.42 Å². The van der Waals surface area contributed by atoms with Crippen molar-refractivity contribution < 1.29 is 0 Å². The maximum Gasteiger partial charge on any atom is 0.0965 e. The van der Waals surface area contributed by atoms with Crippen LogP contribution in [0.2, 0.25) is 0 Å². The van der Waals surface area contributed by atoms with E-state index in [2.05, 4.69) is 110 Å². The Bertz CT molecular complexity index is 1000. The van der Waals surface area contributed by atoms with E-state index in [-0.39, 0.29) is 6.17 Å². The molecular weight excluding hydrogens is 420 g/mol. The first-order valence-electron chi connectivity index (χ1n) is 12.1. The van der Waals surface area contributed by atoms with Crippen LogP contribution < -0.4 is 30.2 Å². The lowest BCUT2D eigenvalue weighted by Gasteiger charge is -2.33. The molecule has 0 saturated heterocycles. The Kier molecular flexibility index (Phi) is 9.37. The molecule has 0 amide bonds. The first-order chi connectivity index (χ1) is 16.1. The molecule has 1 atom stereocenters. The molecular formula is C28H44N6. The van der Waals surface area contributed by atoms with Gasteiger partial charge in [-0.15, -0.1) is 6.42 Å². The summed E-state index contributed by atoms with van der Waals surface area (Å²) in [4.78, 5) is 8.62. The Labute approximate surface area is 207 Å². The summed E-state index contributed by atoms with van der Waals surface area (Å²) in [7, 11) is 16.6. The van der Waals surface area contributed by atoms with Crippen LogP contribution in [0.3, 0.4) is 0 Å². The lowest BCUT2D eigenvalue weighted by molar-refractivity contribution is 0.701. The van der Waals surface area contributed by atoms with Gasteiger partial charge in [-0.1, -0.05) is 32.3 Å². The van der Waals surface area contributed by atoms with Gasteiger partial charge in [-0.25, -0.2) is 0 Å². The largest absolute Gasteiger partial charge is 0.376 e. The summed E-state index contributed by atoms with van der Waals surface area (Å²) < 4.78 is 0. The lowest BCUT2D eigenvalue weighted by Crippen LogP contribution is -2.32. The van der Waals surface area contributed by atoms with Crippen LogP contribution in [0.5, 0.6) is 0 Å². The molecule has 34 heavy (non-hydrogen) atoms. The van der Waals surface area contributed by atoms with Crippen molar-refractivity contribution in [2.45, 2.75) is 39.3 Å². The highest BCUT2D eigenvalue weighted by atomic mass is 15.2. The van der Waals surface area contributed by atoms with Crippen LogP contribution in [0.25, 0.3) is 0 Å². The standard InChI is InChI=1S/C28H44N6/c1-12-15-24(29-25-22(31(4)5)18-16-20(13-2)27(25)33(8)9)30-26-23(32(6)7)19-17-21(14-3)28(26)34(10)11/h2,16-19,24,29-30H,12,14-15H2,1,3-11H3. The molecule has 2 aromatic rings. The van der Waals surface area contributed by atoms with Gasteiger partial charge in [0.05, 0.1) is 40.3 Å². The number of benzene rings is 2. The topological polar surface area (TPSA) is 37.0 Å². The normalized spacial score (nSPS) is 11.4. The maximum atomic E-state index is 5.89. The first kappa shape index (κ1) is 27.0. The summed E-state index contributed by atoms with van der Waals surface area (Å²) in [5.41, 5.74) is 8.92. The lowest BCUT2D eigenvalue weighted by atomic mass is 10.0. The Balaban J connectivity index is 2.67. The van der Waals surface area contributed by atoms with Gasteiger partial charge in [0, 0.05) is 61.9 Å². The molecule has 0 saturated carbocycles. The van der Waals surface area contributed by atoms with Gasteiger partial charge in [0.15, 0.2) is 0 Å². The van der Waals surface area contributed by atoms with E-state index in [9.17, 15) is 0 Å². The van der Waals surface area contributed by atoms with Crippen molar-refractivity contribution in [1.29, 1.82) is 0 Å². The van der Waals surface area contributed by atoms with E-state index in [1.807, 2.05) is 20.2 Å². The average Bonchev–Trinajstić information content (AvgIpc) is 2.77. The Morgan fingerprint density at radius 3 is 1.65 bits per heavy atom. The molecule has 1 unspecified atom stereocenters. The predicted molar refractivity (Wildman–Crippen MR) is 153 cm³/mol. The second-order valence-electron chi connectivity index (χ2n) is 9.53. The van der Waals surface area contributed by atoms with E-state index >= 15 is 0 Å². The summed E-state index contributed by atoms with van der Waals surface area (Å²) in [6.45, 7) is 4.43. The molecule has 0 aliphatic carbocycles. The highest BCUT2D eigenvalue weighted by molar-refractivity contribution is 5.89.